The summed E-state index contributed by atoms with van der Waals surface area (Å²) in [6, 6.07) is 13.7. The zero-order valence-electron chi connectivity index (χ0n) is 15.8. The van der Waals surface area contributed by atoms with Crippen molar-refractivity contribution in [3.8, 4) is 0 Å². The van der Waals surface area contributed by atoms with E-state index in [1.165, 1.54) is 11.3 Å². The standard InChI is InChI=1S/C21H19N5OS/c1-14-7-6-10-19(15(14)2)26(16(3)27)21-24-17(12-28-21)11-23-25-13-22-18-8-4-5-9-20(18)25/h4-13H,1-3H3/b23-11-. The predicted molar refractivity (Wildman–Crippen MR) is 114 cm³/mol. The molecule has 0 saturated carbocycles. The Balaban J connectivity index is 1.65. The summed E-state index contributed by atoms with van der Waals surface area (Å²) in [7, 11) is 0. The molecule has 0 N–H and O–H groups in total. The van der Waals surface area contributed by atoms with Gasteiger partial charge in [-0.25, -0.2) is 14.6 Å². The molecule has 0 atom stereocenters. The van der Waals surface area contributed by atoms with Crippen molar-refractivity contribution in [3.63, 3.8) is 0 Å². The molecule has 7 heteroatoms. The van der Waals surface area contributed by atoms with Gasteiger partial charge in [0.1, 0.15) is 6.33 Å². The zero-order chi connectivity index (χ0) is 19.7. The Kier molecular flexibility index (Phi) is 4.75. The van der Waals surface area contributed by atoms with E-state index in [1.807, 2.05) is 61.7 Å². The molecule has 0 aliphatic heterocycles. The zero-order valence-corrected chi connectivity index (χ0v) is 16.6. The van der Waals surface area contributed by atoms with Crippen molar-refractivity contribution >= 4 is 45.3 Å². The number of aromatic nitrogens is 3. The molecule has 0 unspecified atom stereocenters. The smallest absolute Gasteiger partial charge is 0.230 e. The maximum atomic E-state index is 12.4. The first-order valence-electron chi connectivity index (χ1n) is 8.83. The van der Waals surface area contributed by atoms with Crippen molar-refractivity contribution in [2.24, 2.45) is 5.10 Å². The van der Waals surface area contributed by atoms with Crippen LogP contribution in [0.15, 0.2) is 59.3 Å². The first-order valence-corrected chi connectivity index (χ1v) is 9.71. The van der Waals surface area contributed by atoms with Gasteiger partial charge in [0.25, 0.3) is 0 Å². The van der Waals surface area contributed by atoms with Crippen molar-refractivity contribution in [2.45, 2.75) is 20.8 Å². The molecular formula is C21H19N5OS. The number of fused-ring (bicyclic) bond motifs is 1. The van der Waals surface area contributed by atoms with Gasteiger partial charge in [-0.1, -0.05) is 24.3 Å². The number of benzene rings is 2. The van der Waals surface area contributed by atoms with Crippen molar-refractivity contribution in [1.82, 2.24) is 14.6 Å². The summed E-state index contributed by atoms with van der Waals surface area (Å²) in [5.41, 5.74) is 5.55. The Morgan fingerprint density at radius 1 is 1.18 bits per heavy atom. The number of hydrogen-bond donors (Lipinski definition) is 0. The number of amides is 1. The van der Waals surface area contributed by atoms with E-state index < -0.39 is 0 Å². The summed E-state index contributed by atoms with van der Waals surface area (Å²) >= 11 is 1.41. The van der Waals surface area contributed by atoms with Gasteiger partial charge in [0.05, 0.1) is 28.6 Å². The molecule has 1 amide bonds. The molecule has 2 aromatic heterocycles. The van der Waals surface area contributed by atoms with Crippen LogP contribution in [-0.4, -0.2) is 26.8 Å². The van der Waals surface area contributed by atoms with E-state index >= 15 is 0 Å². The number of aryl methyl sites for hydroxylation is 1. The van der Waals surface area contributed by atoms with Crippen LogP contribution in [0.1, 0.15) is 23.7 Å². The summed E-state index contributed by atoms with van der Waals surface area (Å²) < 4.78 is 1.71. The number of carbonyl (C=O) groups is 1. The number of nitrogens with zero attached hydrogens (tertiary/aromatic N) is 5. The third-order valence-corrected chi connectivity index (χ3v) is 5.43. The Hall–Kier alpha value is -3.32. The third kappa shape index (κ3) is 3.32. The second kappa shape index (κ2) is 7.36. The number of para-hydroxylation sites is 2. The molecule has 2 heterocycles. The number of anilines is 2. The average Bonchev–Trinajstić information content (AvgIpc) is 3.30. The summed E-state index contributed by atoms with van der Waals surface area (Å²) in [5, 5.41) is 6.97. The van der Waals surface area contributed by atoms with Gasteiger partial charge in [-0.05, 0) is 43.2 Å². The molecule has 0 spiro atoms. The Morgan fingerprint density at radius 2 is 2.00 bits per heavy atom. The molecule has 0 aliphatic rings. The van der Waals surface area contributed by atoms with E-state index in [4.69, 9.17) is 0 Å². The van der Waals surface area contributed by atoms with Gasteiger partial charge in [0.2, 0.25) is 5.91 Å². The topological polar surface area (TPSA) is 63.4 Å². The number of imidazole rings is 1. The van der Waals surface area contributed by atoms with Crippen LogP contribution in [0.4, 0.5) is 10.8 Å². The second-order valence-electron chi connectivity index (χ2n) is 6.45. The lowest BCUT2D eigenvalue weighted by Crippen LogP contribution is -2.23. The number of thiazole rings is 1. The first kappa shape index (κ1) is 18.1. The fourth-order valence-corrected chi connectivity index (χ4v) is 3.81. The van der Waals surface area contributed by atoms with Crippen LogP contribution >= 0.6 is 11.3 Å². The Morgan fingerprint density at radius 3 is 2.82 bits per heavy atom. The quantitative estimate of drug-likeness (QED) is 0.476. The number of rotatable bonds is 4. The summed E-state index contributed by atoms with van der Waals surface area (Å²) in [6.07, 6.45) is 3.35. The molecule has 0 radical (unpaired) electrons. The summed E-state index contributed by atoms with van der Waals surface area (Å²) in [6.45, 7) is 5.60. The first-order chi connectivity index (χ1) is 13.5. The van der Waals surface area contributed by atoms with E-state index in [0.717, 1.165) is 27.8 Å². The van der Waals surface area contributed by atoms with Gasteiger partial charge >= 0.3 is 0 Å². The van der Waals surface area contributed by atoms with Gasteiger partial charge in [-0.3, -0.25) is 9.69 Å². The maximum Gasteiger partial charge on any atom is 0.230 e. The van der Waals surface area contributed by atoms with Crippen LogP contribution in [-0.2, 0) is 4.79 Å². The molecule has 6 nitrogen and oxygen atoms in total. The predicted octanol–water partition coefficient (Wildman–Crippen LogP) is 4.68. The fraction of sp³-hybridized carbons (Fsp3) is 0.143. The lowest BCUT2D eigenvalue weighted by atomic mass is 10.1. The molecule has 0 aliphatic carbocycles. The fourth-order valence-electron chi connectivity index (χ4n) is 2.98. The van der Waals surface area contributed by atoms with Crippen LogP contribution in [0.5, 0.6) is 0 Å². The van der Waals surface area contributed by atoms with Crippen molar-refractivity contribution in [1.29, 1.82) is 0 Å². The van der Waals surface area contributed by atoms with Crippen LogP contribution in [0.25, 0.3) is 11.0 Å². The van der Waals surface area contributed by atoms with Crippen LogP contribution < -0.4 is 4.90 Å². The molecule has 4 rings (SSSR count). The molecule has 0 fully saturated rings. The number of carbonyl (C=O) groups excluding carboxylic acids is 1. The average molecular weight is 389 g/mol. The lowest BCUT2D eigenvalue weighted by Gasteiger charge is -2.21. The highest BCUT2D eigenvalue weighted by Gasteiger charge is 2.20. The minimum atomic E-state index is -0.0767. The van der Waals surface area contributed by atoms with E-state index in [0.29, 0.717) is 10.8 Å². The highest BCUT2D eigenvalue weighted by Crippen LogP contribution is 2.32. The summed E-state index contributed by atoms with van der Waals surface area (Å²) in [4.78, 5) is 22.9. The van der Waals surface area contributed by atoms with Gasteiger partial charge in [0.15, 0.2) is 5.13 Å². The second-order valence-corrected chi connectivity index (χ2v) is 7.29. The molecule has 4 aromatic rings. The highest BCUT2D eigenvalue weighted by molar-refractivity contribution is 7.14. The Labute approximate surface area is 166 Å². The van der Waals surface area contributed by atoms with Crippen LogP contribution in [0.2, 0.25) is 0 Å². The van der Waals surface area contributed by atoms with Crippen molar-refractivity contribution < 1.29 is 4.79 Å². The van der Waals surface area contributed by atoms with E-state index in [1.54, 1.807) is 29.0 Å². The van der Waals surface area contributed by atoms with E-state index in [9.17, 15) is 4.79 Å². The van der Waals surface area contributed by atoms with Crippen LogP contribution in [0.3, 0.4) is 0 Å². The highest BCUT2D eigenvalue weighted by atomic mass is 32.1. The van der Waals surface area contributed by atoms with Gasteiger partial charge < -0.3 is 0 Å². The maximum absolute atomic E-state index is 12.4. The van der Waals surface area contributed by atoms with Crippen LogP contribution in [0, 0.1) is 13.8 Å². The molecule has 0 bridgehead atoms. The van der Waals surface area contributed by atoms with Gasteiger partial charge in [-0.15, -0.1) is 11.3 Å². The Bertz CT molecular complexity index is 1190. The molecule has 28 heavy (non-hydrogen) atoms. The molecule has 140 valence electrons. The largest absolute Gasteiger partial charge is 0.274 e. The minimum absolute atomic E-state index is 0.0767. The lowest BCUT2D eigenvalue weighted by molar-refractivity contribution is -0.115. The molecule has 2 aromatic carbocycles. The number of hydrogen-bond acceptors (Lipinski definition) is 5. The monoisotopic (exact) mass is 389 g/mol. The minimum Gasteiger partial charge on any atom is -0.274 e. The van der Waals surface area contributed by atoms with Gasteiger partial charge in [-0.2, -0.15) is 5.10 Å². The van der Waals surface area contributed by atoms with E-state index in [-0.39, 0.29) is 5.91 Å². The SMILES string of the molecule is CC(=O)N(c1nc(/C=N\n2cnc3ccccc32)cs1)c1cccc(C)c1C. The van der Waals surface area contributed by atoms with Crippen molar-refractivity contribution in [2.75, 3.05) is 4.90 Å². The van der Waals surface area contributed by atoms with E-state index in [2.05, 4.69) is 15.1 Å². The summed E-state index contributed by atoms with van der Waals surface area (Å²) in [5.74, 6) is -0.0767. The normalized spacial score (nSPS) is 11.4. The molecule has 0 saturated heterocycles. The third-order valence-electron chi connectivity index (χ3n) is 4.58. The molecular weight excluding hydrogens is 370 g/mol. The van der Waals surface area contributed by atoms with Crippen molar-refractivity contribution in [3.05, 3.63) is 71.0 Å². The van der Waals surface area contributed by atoms with Gasteiger partial charge in [0, 0.05) is 12.3 Å².